The average molecular weight is 375 g/mol. The van der Waals surface area contributed by atoms with Gasteiger partial charge in [0.2, 0.25) is 0 Å². The van der Waals surface area contributed by atoms with Crippen LogP contribution >= 0.6 is 0 Å². The summed E-state index contributed by atoms with van der Waals surface area (Å²) >= 11 is 0. The Morgan fingerprint density at radius 1 is 0.778 bits per heavy atom. The van der Waals surface area contributed by atoms with Crippen LogP contribution in [0, 0.1) is 17.8 Å². The van der Waals surface area contributed by atoms with Crippen LogP contribution in [-0.2, 0) is 9.47 Å². The summed E-state index contributed by atoms with van der Waals surface area (Å²) in [6.07, 6.45) is 9.34. The molecule has 1 heterocycles. The first-order valence-corrected chi connectivity index (χ1v) is 11.1. The topological polar surface area (TPSA) is 18.5 Å². The number of rotatable bonds is 4. The van der Waals surface area contributed by atoms with E-state index in [1.54, 1.807) is 0 Å². The highest BCUT2D eigenvalue weighted by Crippen LogP contribution is 2.40. The molecule has 0 unspecified atom stereocenters. The standard InChI is InChI=1S/C24H35FO2/c1-17-15-26-24(27-16-17)23-12-10-22(11-13-23)21-8-6-20(7-9-21)19-4-2-18(14-25)3-5-19/h6-9,17-19,22-24H,2-5,10-16H2,1H3. The molecule has 2 nitrogen and oxygen atoms in total. The second-order valence-electron chi connectivity index (χ2n) is 9.29. The Labute approximate surface area is 163 Å². The molecule has 1 saturated heterocycles. The molecule has 2 aliphatic carbocycles. The molecule has 4 rings (SSSR count). The number of benzene rings is 1. The number of alkyl halides is 1. The summed E-state index contributed by atoms with van der Waals surface area (Å²) in [5.41, 5.74) is 2.96. The summed E-state index contributed by atoms with van der Waals surface area (Å²) < 4.78 is 24.7. The zero-order chi connectivity index (χ0) is 18.6. The molecule has 3 heteroatoms. The SMILES string of the molecule is CC1COC(C2CCC(c3ccc(C4CCC(CF)CC4)cc3)CC2)OC1. The molecule has 0 radical (unpaired) electrons. The molecular formula is C24H35FO2. The Morgan fingerprint density at radius 3 is 1.74 bits per heavy atom. The highest BCUT2D eigenvalue weighted by atomic mass is 19.1. The van der Waals surface area contributed by atoms with E-state index < -0.39 is 0 Å². The van der Waals surface area contributed by atoms with Crippen molar-refractivity contribution in [1.82, 2.24) is 0 Å². The van der Waals surface area contributed by atoms with Crippen molar-refractivity contribution in [3.8, 4) is 0 Å². The van der Waals surface area contributed by atoms with Crippen LogP contribution in [0.15, 0.2) is 24.3 Å². The normalized spacial score (nSPS) is 37.9. The van der Waals surface area contributed by atoms with Gasteiger partial charge in [0.05, 0.1) is 19.9 Å². The Kier molecular flexibility index (Phi) is 6.50. The van der Waals surface area contributed by atoms with Gasteiger partial charge >= 0.3 is 0 Å². The second-order valence-corrected chi connectivity index (χ2v) is 9.29. The number of halogens is 1. The smallest absolute Gasteiger partial charge is 0.160 e. The van der Waals surface area contributed by atoms with Gasteiger partial charge in [-0.1, -0.05) is 31.2 Å². The van der Waals surface area contributed by atoms with Crippen molar-refractivity contribution in [2.24, 2.45) is 17.8 Å². The van der Waals surface area contributed by atoms with Crippen LogP contribution in [0.3, 0.4) is 0 Å². The molecule has 1 aromatic carbocycles. The van der Waals surface area contributed by atoms with Crippen molar-refractivity contribution in [3.05, 3.63) is 35.4 Å². The zero-order valence-corrected chi connectivity index (χ0v) is 16.7. The molecule has 27 heavy (non-hydrogen) atoms. The fourth-order valence-electron chi connectivity index (χ4n) is 5.30. The van der Waals surface area contributed by atoms with Gasteiger partial charge in [-0.2, -0.15) is 0 Å². The third-order valence-corrected chi connectivity index (χ3v) is 7.19. The van der Waals surface area contributed by atoms with Crippen LogP contribution in [0.4, 0.5) is 4.39 Å². The van der Waals surface area contributed by atoms with Crippen molar-refractivity contribution in [3.63, 3.8) is 0 Å². The molecule has 150 valence electrons. The molecule has 0 atom stereocenters. The summed E-state index contributed by atoms with van der Waals surface area (Å²) in [4.78, 5) is 0. The Morgan fingerprint density at radius 2 is 1.26 bits per heavy atom. The molecule has 0 aromatic heterocycles. The largest absolute Gasteiger partial charge is 0.352 e. The van der Waals surface area contributed by atoms with Crippen molar-refractivity contribution in [1.29, 1.82) is 0 Å². The lowest BCUT2D eigenvalue weighted by Gasteiger charge is -2.37. The molecular weight excluding hydrogens is 339 g/mol. The predicted octanol–water partition coefficient (Wildman–Crippen LogP) is 6.21. The molecule has 3 aliphatic rings. The summed E-state index contributed by atoms with van der Waals surface area (Å²) in [6.45, 7) is 3.74. The predicted molar refractivity (Wildman–Crippen MR) is 107 cm³/mol. The molecule has 0 bridgehead atoms. The molecule has 1 aliphatic heterocycles. The van der Waals surface area contributed by atoms with Crippen LogP contribution in [0.2, 0.25) is 0 Å². The highest BCUT2D eigenvalue weighted by molar-refractivity contribution is 5.28. The minimum Gasteiger partial charge on any atom is -0.352 e. The van der Waals surface area contributed by atoms with E-state index in [-0.39, 0.29) is 13.0 Å². The second kappa shape index (κ2) is 9.05. The van der Waals surface area contributed by atoms with Gasteiger partial charge in [-0.25, -0.2) is 0 Å². The van der Waals surface area contributed by atoms with Crippen LogP contribution in [0.1, 0.15) is 81.3 Å². The highest BCUT2D eigenvalue weighted by Gasteiger charge is 2.32. The third-order valence-electron chi connectivity index (χ3n) is 7.19. The van der Waals surface area contributed by atoms with Gasteiger partial charge in [0.15, 0.2) is 6.29 Å². The Hall–Kier alpha value is -0.930. The maximum atomic E-state index is 12.8. The van der Waals surface area contributed by atoms with Crippen molar-refractivity contribution < 1.29 is 13.9 Å². The van der Waals surface area contributed by atoms with E-state index in [4.69, 9.17) is 9.47 Å². The third kappa shape index (κ3) is 4.74. The number of hydrogen-bond acceptors (Lipinski definition) is 2. The quantitative estimate of drug-likeness (QED) is 0.623. The number of ether oxygens (including phenoxy) is 2. The van der Waals surface area contributed by atoms with Crippen LogP contribution in [0.5, 0.6) is 0 Å². The van der Waals surface area contributed by atoms with E-state index in [1.807, 2.05) is 0 Å². The Balaban J connectivity index is 1.27. The van der Waals surface area contributed by atoms with Gasteiger partial charge < -0.3 is 9.47 Å². The molecule has 2 saturated carbocycles. The van der Waals surface area contributed by atoms with Gasteiger partial charge in [0, 0.05) is 11.8 Å². The van der Waals surface area contributed by atoms with Crippen LogP contribution in [0.25, 0.3) is 0 Å². The van der Waals surface area contributed by atoms with Crippen LogP contribution in [-0.4, -0.2) is 26.2 Å². The first-order chi connectivity index (χ1) is 13.2. The van der Waals surface area contributed by atoms with Gasteiger partial charge in [-0.3, -0.25) is 4.39 Å². The van der Waals surface area contributed by atoms with Crippen molar-refractivity contribution >= 4 is 0 Å². The van der Waals surface area contributed by atoms with E-state index in [0.717, 1.165) is 38.9 Å². The minimum atomic E-state index is -0.135. The van der Waals surface area contributed by atoms with E-state index in [0.29, 0.717) is 29.6 Å². The van der Waals surface area contributed by atoms with Crippen molar-refractivity contribution in [2.45, 2.75) is 76.4 Å². The van der Waals surface area contributed by atoms with Crippen molar-refractivity contribution in [2.75, 3.05) is 19.9 Å². The summed E-state index contributed by atoms with van der Waals surface area (Å²) in [7, 11) is 0. The first-order valence-electron chi connectivity index (χ1n) is 11.1. The summed E-state index contributed by atoms with van der Waals surface area (Å²) in [6, 6.07) is 9.40. The van der Waals surface area contributed by atoms with Gasteiger partial charge in [-0.05, 0) is 80.2 Å². The maximum absolute atomic E-state index is 12.8. The Bertz CT molecular complexity index is 563. The molecule has 0 spiro atoms. The van der Waals surface area contributed by atoms with Gasteiger partial charge in [-0.15, -0.1) is 0 Å². The van der Waals surface area contributed by atoms with Gasteiger partial charge in [0.25, 0.3) is 0 Å². The van der Waals surface area contributed by atoms with Crippen LogP contribution < -0.4 is 0 Å². The molecule has 3 fully saturated rings. The summed E-state index contributed by atoms with van der Waals surface area (Å²) in [5.74, 6) is 2.73. The fourth-order valence-corrected chi connectivity index (χ4v) is 5.30. The monoisotopic (exact) mass is 374 g/mol. The lowest BCUT2D eigenvalue weighted by molar-refractivity contribution is -0.226. The lowest BCUT2D eigenvalue weighted by atomic mass is 9.76. The fraction of sp³-hybridized carbons (Fsp3) is 0.750. The van der Waals surface area contributed by atoms with Gasteiger partial charge in [0.1, 0.15) is 0 Å². The first kappa shape index (κ1) is 19.4. The maximum Gasteiger partial charge on any atom is 0.160 e. The van der Waals surface area contributed by atoms with E-state index >= 15 is 0 Å². The molecule has 0 N–H and O–H groups in total. The number of hydrogen-bond donors (Lipinski definition) is 0. The molecule has 0 amide bonds. The summed E-state index contributed by atoms with van der Waals surface area (Å²) in [5, 5.41) is 0. The minimum absolute atomic E-state index is 0.0315. The zero-order valence-electron chi connectivity index (χ0n) is 16.7. The lowest BCUT2D eigenvalue weighted by Crippen LogP contribution is -2.37. The average Bonchev–Trinajstić information content (AvgIpc) is 2.75. The van der Waals surface area contributed by atoms with E-state index in [2.05, 4.69) is 31.2 Å². The van der Waals surface area contributed by atoms with E-state index in [9.17, 15) is 4.39 Å². The molecule has 1 aromatic rings. The van der Waals surface area contributed by atoms with E-state index in [1.165, 1.54) is 36.8 Å².